The first kappa shape index (κ1) is 18.2. The summed E-state index contributed by atoms with van der Waals surface area (Å²) < 4.78 is 1.63. The molecule has 1 saturated heterocycles. The van der Waals surface area contributed by atoms with Gasteiger partial charge in [0.25, 0.3) is 0 Å². The number of hydrogen-bond donors (Lipinski definition) is 0. The Hall–Kier alpha value is -1.60. The fraction of sp³-hybridized carbons (Fsp3) is 0.529. The highest BCUT2D eigenvalue weighted by molar-refractivity contribution is 8.00. The Morgan fingerprint density at radius 1 is 1.24 bits per heavy atom. The second-order valence-electron chi connectivity index (χ2n) is 6.48. The quantitative estimate of drug-likeness (QED) is 0.759. The SMILES string of the molecule is C[C@H](Sc1nnnn1-c1ccc(Cl)cc1)C(=O)N1[C@@H](C)CCC[C@@H]1C. The van der Waals surface area contributed by atoms with E-state index in [0.29, 0.717) is 10.2 Å². The van der Waals surface area contributed by atoms with E-state index >= 15 is 0 Å². The van der Waals surface area contributed by atoms with Crippen LogP contribution in [0, 0.1) is 0 Å². The Bertz CT molecular complexity index is 725. The van der Waals surface area contributed by atoms with Gasteiger partial charge in [-0.1, -0.05) is 23.4 Å². The van der Waals surface area contributed by atoms with Crippen LogP contribution in [0.1, 0.15) is 40.0 Å². The van der Waals surface area contributed by atoms with Gasteiger partial charge in [-0.05, 0) is 74.7 Å². The van der Waals surface area contributed by atoms with Crippen LogP contribution in [-0.4, -0.2) is 48.3 Å². The molecule has 2 aromatic rings. The molecule has 1 aromatic carbocycles. The number of likely N-dealkylation sites (tertiary alicyclic amines) is 1. The largest absolute Gasteiger partial charge is 0.336 e. The fourth-order valence-corrected chi connectivity index (χ4v) is 4.26. The van der Waals surface area contributed by atoms with Gasteiger partial charge in [0.2, 0.25) is 11.1 Å². The van der Waals surface area contributed by atoms with Crippen molar-refractivity contribution >= 4 is 29.3 Å². The lowest BCUT2D eigenvalue weighted by atomic mass is 9.97. The van der Waals surface area contributed by atoms with Crippen molar-refractivity contribution in [2.24, 2.45) is 0 Å². The Morgan fingerprint density at radius 3 is 2.52 bits per heavy atom. The summed E-state index contributed by atoms with van der Waals surface area (Å²) in [5.41, 5.74) is 0.816. The van der Waals surface area contributed by atoms with Crippen LogP contribution in [0.25, 0.3) is 5.69 Å². The summed E-state index contributed by atoms with van der Waals surface area (Å²) in [4.78, 5) is 15.0. The first-order chi connectivity index (χ1) is 12.0. The highest BCUT2D eigenvalue weighted by Crippen LogP contribution is 2.29. The monoisotopic (exact) mass is 379 g/mol. The molecule has 3 atom stereocenters. The van der Waals surface area contributed by atoms with E-state index in [0.717, 1.165) is 18.5 Å². The molecule has 25 heavy (non-hydrogen) atoms. The fourth-order valence-electron chi connectivity index (χ4n) is 3.27. The second kappa shape index (κ2) is 7.74. The van der Waals surface area contributed by atoms with Crippen molar-refractivity contribution in [1.82, 2.24) is 25.1 Å². The van der Waals surface area contributed by atoms with Crippen molar-refractivity contribution in [3.05, 3.63) is 29.3 Å². The predicted molar refractivity (Wildman–Crippen MR) is 99.1 cm³/mol. The Balaban J connectivity index is 1.75. The van der Waals surface area contributed by atoms with Gasteiger partial charge in [-0.15, -0.1) is 5.10 Å². The van der Waals surface area contributed by atoms with Gasteiger partial charge < -0.3 is 4.90 Å². The number of thioether (sulfide) groups is 1. The third kappa shape index (κ3) is 3.98. The molecule has 0 spiro atoms. The summed E-state index contributed by atoms with van der Waals surface area (Å²) in [7, 11) is 0. The van der Waals surface area contributed by atoms with E-state index in [9.17, 15) is 4.79 Å². The molecule has 0 radical (unpaired) electrons. The summed E-state index contributed by atoms with van der Waals surface area (Å²) in [6, 6.07) is 7.85. The summed E-state index contributed by atoms with van der Waals surface area (Å²) in [6.45, 7) is 6.17. The number of carbonyl (C=O) groups is 1. The minimum absolute atomic E-state index is 0.148. The van der Waals surface area contributed by atoms with Crippen molar-refractivity contribution in [3.63, 3.8) is 0 Å². The molecule has 0 aliphatic carbocycles. The molecule has 1 aliphatic heterocycles. The van der Waals surface area contributed by atoms with Crippen molar-refractivity contribution in [1.29, 1.82) is 0 Å². The maximum atomic E-state index is 12.9. The zero-order valence-corrected chi connectivity index (χ0v) is 16.2. The van der Waals surface area contributed by atoms with Gasteiger partial charge >= 0.3 is 0 Å². The van der Waals surface area contributed by atoms with Crippen LogP contribution in [0.2, 0.25) is 5.02 Å². The summed E-state index contributed by atoms with van der Waals surface area (Å²) in [5, 5.41) is 12.9. The molecule has 0 saturated carbocycles. The van der Waals surface area contributed by atoms with Crippen LogP contribution in [0.15, 0.2) is 29.4 Å². The number of tetrazole rings is 1. The van der Waals surface area contributed by atoms with Crippen LogP contribution in [0.3, 0.4) is 0 Å². The molecule has 0 bridgehead atoms. The molecule has 8 heteroatoms. The zero-order chi connectivity index (χ0) is 18.0. The van der Waals surface area contributed by atoms with Gasteiger partial charge in [-0.2, -0.15) is 4.68 Å². The molecule has 1 amide bonds. The van der Waals surface area contributed by atoms with E-state index in [-0.39, 0.29) is 23.2 Å². The van der Waals surface area contributed by atoms with E-state index in [2.05, 4.69) is 29.4 Å². The van der Waals surface area contributed by atoms with Crippen LogP contribution < -0.4 is 0 Å². The minimum atomic E-state index is -0.250. The van der Waals surface area contributed by atoms with Crippen molar-refractivity contribution in [2.75, 3.05) is 0 Å². The highest BCUT2D eigenvalue weighted by atomic mass is 35.5. The Kier molecular flexibility index (Phi) is 5.64. The third-order valence-electron chi connectivity index (χ3n) is 4.59. The average molecular weight is 380 g/mol. The molecule has 3 rings (SSSR count). The lowest BCUT2D eigenvalue weighted by Crippen LogP contribution is -2.50. The van der Waals surface area contributed by atoms with Crippen LogP contribution in [-0.2, 0) is 4.79 Å². The maximum Gasteiger partial charge on any atom is 0.236 e. The minimum Gasteiger partial charge on any atom is -0.336 e. The summed E-state index contributed by atoms with van der Waals surface area (Å²) >= 11 is 7.32. The number of carbonyl (C=O) groups excluding carboxylic acids is 1. The molecule has 0 unspecified atom stereocenters. The number of aromatic nitrogens is 4. The number of nitrogens with zero attached hydrogens (tertiary/aromatic N) is 5. The highest BCUT2D eigenvalue weighted by Gasteiger charge is 2.32. The number of rotatable bonds is 4. The van der Waals surface area contributed by atoms with E-state index in [1.807, 2.05) is 24.0 Å². The van der Waals surface area contributed by atoms with Gasteiger partial charge in [-0.25, -0.2) is 0 Å². The van der Waals surface area contributed by atoms with E-state index in [1.54, 1.807) is 16.8 Å². The first-order valence-corrected chi connectivity index (χ1v) is 9.76. The number of amides is 1. The molecule has 134 valence electrons. The summed E-state index contributed by atoms with van der Waals surface area (Å²) in [5.74, 6) is 0.148. The maximum absolute atomic E-state index is 12.9. The number of benzene rings is 1. The molecular weight excluding hydrogens is 358 g/mol. The van der Waals surface area contributed by atoms with Gasteiger partial charge in [0, 0.05) is 17.1 Å². The van der Waals surface area contributed by atoms with Gasteiger partial charge in [0.15, 0.2) is 0 Å². The molecule has 1 aliphatic rings. The van der Waals surface area contributed by atoms with Crippen molar-refractivity contribution < 1.29 is 4.79 Å². The van der Waals surface area contributed by atoms with Crippen LogP contribution >= 0.6 is 23.4 Å². The normalized spacial score (nSPS) is 22.0. The third-order valence-corrected chi connectivity index (χ3v) is 5.86. The van der Waals surface area contributed by atoms with Crippen LogP contribution in [0.4, 0.5) is 0 Å². The predicted octanol–water partition coefficient (Wildman–Crippen LogP) is 3.59. The lowest BCUT2D eigenvalue weighted by Gasteiger charge is -2.40. The smallest absolute Gasteiger partial charge is 0.236 e. The van der Waals surface area contributed by atoms with Crippen molar-refractivity contribution in [3.8, 4) is 5.69 Å². The second-order valence-corrected chi connectivity index (χ2v) is 8.23. The molecule has 2 heterocycles. The van der Waals surface area contributed by atoms with E-state index in [1.165, 1.54) is 18.2 Å². The Labute approximate surface area is 156 Å². The molecular formula is C17H22ClN5OS. The lowest BCUT2D eigenvalue weighted by molar-refractivity contribution is -0.136. The average Bonchev–Trinajstić information content (AvgIpc) is 3.03. The molecule has 6 nitrogen and oxygen atoms in total. The zero-order valence-electron chi connectivity index (χ0n) is 14.6. The van der Waals surface area contributed by atoms with Crippen LogP contribution in [0.5, 0.6) is 0 Å². The first-order valence-electron chi connectivity index (χ1n) is 8.50. The van der Waals surface area contributed by atoms with Gasteiger partial charge in [-0.3, -0.25) is 4.79 Å². The number of piperidine rings is 1. The number of hydrogen-bond acceptors (Lipinski definition) is 5. The van der Waals surface area contributed by atoms with Gasteiger partial charge in [0.05, 0.1) is 10.9 Å². The molecule has 1 aromatic heterocycles. The standard InChI is InChI=1S/C17H22ClN5OS/c1-11-5-4-6-12(2)22(11)16(24)13(3)25-17-19-20-21-23(17)15-9-7-14(18)8-10-15/h7-13H,4-6H2,1-3H3/t11-,12-,13-/m0/s1. The Morgan fingerprint density at radius 2 is 1.88 bits per heavy atom. The van der Waals surface area contributed by atoms with E-state index < -0.39 is 0 Å². The number of halogens is 1. The topological polar surface area (TPSA) is 63.9 Å². The summed E-state index contributed by atoms with van der Waals surface area (Å²) in [6.07, 6.45) is 3.31. The molecule has 0 N–H and O–H groups in total. The van der Waals surface area contributed by atoms with Gasteiger partial charge in [0.1, 0.15) is 0 Å². The van der Waals surface area contributed by atoms with E-state index in [4.69, 9.17) is 11.6 Å². The molecule has 1 fully saturated rings. The van der Waals surface area contributed by atoms with Crippen molar-refractivity contribution in [2.45, 2.75) is 62.5 Å².